The summed E-state index contributed by atoms with van der Waals surface area (Å²) in [6.07, 6.45) is 2.83. The molecule has 4 heterocycles. The van der Waals surface area contributed by atoms with E-state index < -0.39 is 0 Å². The van der Waals surface area contributed by atoms with Crippen molar-refractivity contribution in [1.82, 2.24) is 9.80 Å². The van der Waals surface area contributed by atoms with Crippen molar-refractivity contribution < 1.29 is 13.9 Å². The highest BCUT2D eigenvalue weighted by Gasteiger charge is 2.54. The molecule has 1 amide bonds. The number of amides is 1. The zero-order chi connectivity index (χ0) is 17.4. The summed E-state index contributed by atoms with van der Waals surface area (Å²) in [6.45, 7) is 6.11. The molecule has 136 valence electrons. The molecular formula is C20H27FN2O2. The first kappa shape index (κ1) is 17.0. The van der Waals surface area contributed by atoms with Crippen LogP contribution in [0.1, 0.15) is 37.7 Å². The standard InChI is InChI=1S/C20H27FN2O2/c1-2-25-12-9-18(24)23-13-17(14-3-5-16(21)6-4-14)20-19(23)15-7-10-22(20)11-8-15/h3-6,15,17,19-20H,2,7-13H2,1H3/t17-,19+,20+/m1/s1. The van der Waals surface area contributed by atoms with Gasteiger partial charge in [0, 0.05) is 25.1 Å². The third-order valence-electron chi connectivity index (χ3n) is 6.28. The summed E-state index contributed by atoms with van der Waals surface area (Å²) in [5.74, 6) is 0.900. The van der Waals surface area contributed by atoms with E-state index in [2.05, 4.69) is 9.80 Å². The predicted octanol–water partition coefficient (Wildman–Crippen LogP) is 2.64. The molecule has 0 N–H and O–H groups in total. The van der Waals surface area contributed by atoms with Crippen LogP contribution < -0.4 is 0 Å². The zero-order valence-corrected chi connectivity index (χ0v) is 14.9. The number of ether oxygens (including phenoxy) is 1. The first-order valence-electron chi connectivity index (χ1n) is 9.55. The fourth-order valence-electron chi connectivity index (χ4n) is 5.15. The van der Waals surface area contributed by atoms with Crippen LogP contribution >= 0.6 is 0 Å². The summed E-state index contributed by atoms with van der Waals surface area (Å²) in [5, 5.41) is 0. The summed E-state index contributed by atoms with van der Waals surface area (Å²) in [4.78, 5) is 17.5. The number of hydrogen-bond donors (Lipinski definition) is 0. The second kappa shape index (κ2) is 7.04. The Morgan fingerprint density at radius 2 is 1.92 bits per heavy atom. The third kappa shape index (κ3) is 3.08. The predicted molar refractivity (Wildman–Crippen MR) is 93.8 cm³/mol. The molecule has 0 saturated carbocycles. The molecule has 5 rings (SSSR count). The quantitative estimate of drug-likeness (QED) is 0.769. The van der Waals surface area contributed by atoms with Crippen molar-refractivity contribution in [3.8, 4) is 0 Å². The second-order valence-corrected chi connectivity index (χ2v) is 7.51. The van der Waals surface area contributed by atoms with Crippen molar-refractivity contribution in [2.75, 3.05) is 32.8 Å². The van der Waals surface area contributed by atoms with Crippen LogP contribution in [0.25, 0.3) is 0 Å². The van der Waals surface area contributed by atoms with E-state index in [4.69, 9.17) is 4.74 Å². The van der Waals surface area contributed by atoms with Gasteiger partial charge in [0.25, 0.3) is 0 Å². The van der Waals surface area contributed by atoms with E-state index in [1.807, 2.05) is 19.1 Å². The monoisotopic (exact) mass is 346 g/mol. The van der Waals surface area contributed by atoms with Gasteiger partial charge < -0.3 is 9.64 Å². The largest absolute Gasteiger partial charge is 0.381 e. The molecular weight excluding hydrogens is 319 g/mol. The van der Waals surface area contributed by atoms with E-state index in [1.54, 1.807) is 12.1 Å². The van der Waals surface area contributed by atoms with E-state index in [9.17, 15) is 9.18 Å². The number of benzene rings is 1. The molecule has 4 fully saturated rings. The van der Waals surface area contributed by atoms with Gasteiger partial charge in [-0.05, 0) is 56.5 Å². The van der Waals surface area contributed by atoms with Crippen molar-refractivity contribution in [2.24, 2.45) is 5.92 Å². The lowest BCUT2D eigenvalue weighted by Crippen LogP contribution is -2.60. The van der Waals surface area contributed by atoms with E-state index in [0.29, 0.717) is 37.6 Å². The zero-order valence-electron chi connectivity index (χ0n) is 14.9. The van der Waals surface area contributed by atoms with Gasteiger partial charge in [-0.2, -0.15) is 0 Å². The molecule has 4 aliphatic heterocycles. The normalized spacial score (nSPS) is 33.5. The van der Waals surface area contributed by atoms with Gasteiger partial charge in [0.15, 0.2) is 0 Å². The highest BCUT2D eigenvalue weighted by Crippen LogP contribution is 2.46. The number of halogens is 1. The summed E-state index contributed by atoms with van der Waals surface area (Å²) in [7, 11) is 0. The van der Waals surface area contributed by atoms with Crippen molar-refractivity contribution in [1.29, 1.82) is 0 Å². The molecule has 0 spiro atoms. The van der Waals surface area contributed by atoms with Gasteiger partial charge in [0.1, 0.15) is 5.82 Å². The van der Waals surface area contributed by atoms with Crippen LogP contribution in [0.2, 0.25) is 0 Å². The minimum absolute atomic E-state index is 0.201. The topological polar surface area (TPSA) is 32.8 Å². The number of carbonyl (C=O) groups is 1. The van der Waals surface area contributed by atoms with Crippen molar-refractivity contribution in [3.05, 3.63) is 35.6 Å². The van der Waals surface area contributed by atoms with Crippen LogP contribution in [0.4, 0.5) is 4.39 Å². The molecule has 4 aliphatic rings. The van der Waals surface area contributed by atoms with Crippen LogP contribution in [-0.4, -0.2) is 60.6 Å². The average Bonchev–Trinajstić information content (AvgIpc) is 3.06. The van der Waals surface area contributed by atoms with Crippen LogP contribution in [-0.2, 0) is 9.53 Å². The number of likely N-dealkylation sites (tertiary alicyclic amines) is 1. The lowest BCUT2D eigenvalue weighted by Gasteiger charge is -2.51. The minimum atomic E-state index is -0.201. The minimum Gasteiger partial charge on any atom is -0.381 e. The molecule has 0 radical (unpaired) electrons. The van der Waals surface area contributed by atoms with Gasteiger partial charge in [-0.25, -0.2) is 4.39 Å². The van der Waals surface area contributed by atoms with Crippen molar-refractivity contribution in [3.63, 3.8) is 0 Å². The third-order valence-corrected chi connectivity index (χ3v) is 6.28. The second-order valence-electron chi connectivity index (χ2n) is 7.51. The Balaban J connectivity index is 1.59. The van der Waals surface area contributed by atoms with Gasteiger partial charge in [-0.1, -0.05) is 12.1 Å². The van der Waals surface area contributed by atoms with Gasteiger partial charge >= 0.3 is 0 Å². The molecule has 0 aliphatic carbocycles. The first-order valence-corrected chi connectivity index (χ1v) is 9.55. The maximum Gasteiger partial charge on any atom is 0.225 e. The number of carbonyl (C=O) groups excluding carboxylic acids is 1. The van der Waals surface area contributed by atoms with Crippen LogP contribution in [0, 0.1) is 11.7 Å². The summed E-state index contributed by atoms with van der Waals surface area (Å²) >= 11 is 0. The van der Waals surface area contributed by atoms with Crippen molar-refractivity contribution in [2.45, 2.75) is 44.2 Å². The van der Waals surface area contributed by atoms with Crippen LogP contribution in [0.5, 0.6) is 0 Å². The smallest absolute Gasteiger partial charge is 0.225 e. The summed E-state index contributed by atoms with van der Waals surface area (Å²) in [6, 6.07) is 7.57. The molecule has 1 aromatic rings. The molecule has 4 nitrogen and oxygen atoms in total. The van der Waals surface area contributed by atoms with Gasteiger partial charge in [-0.15, -0.1) is 0 Å². The van der Waals surface area contributed by atoms with E-state index in [-0.39, 0.29) is 17.6 Å². The molecule has 5 heteroatoms. The Labute approximate surface area is 148 Å². The molecule has 0 unspecified atom stereocenters. The Kier molecular flexibility index (Phi) is 4.78. The van der Waals surface area contributed by atoms with E-state index >= 15 is 0 Å². The van der Waals surface area contributed by atoms with E-state index in [1.165, 1.54) is 12.8 Å². The van der Waals surface area contributed by atoms with Gasteiger partial charge in [-0.3, -0.25) is 9.69 Å². The lowest BCUT2D eigenvalue weighted by atomic mass is 9.75. The lowest BCUT2D eigenvalue weighted by molar-refractivity contribution is -0.137. The van der Waals surface area contributed by atoms with Gasteiger partial charge in [0.2, 0.25) is 5.91 Å². The highest BCUT2D eigenvalue weighted by molar-refractivity contribution is 5.77. The number of piperidine rings is 3. The molecule has 2 bridgehead atoms. The average molecular weight is 346 g/mol. The highest BCUT2D eigenvalue weighted by atomic mass is 19.1. The van der Waals surface area contributed by atoms with E-state index in [0.717, 1.165) is 25.2 Å². The Morgan fingerprint density at radius 1 is 1.20 bits per heavy atom. The molecule has 0 aromatic heterocycles. The Hall–Kier alpha value is -1.46. The van der Waals surface area contributed by atoms with Crippen molar-refractivity contribution >= 4 is 5.91 Å². The number of nitrogens with zero attached hydrogens (tertiary/aromatic N) is 2. The molecule has 4 saturated heterocycles. The summed E-state index contributed by atoms with van der Waals surface area (Å²) < 4.78 is 18.7. The Bertz CT molecular complexity index is 613. The maximum absolute atomic E-state index is 13.3. The Morgan fingerprint density at radius 3 is 2.60 bits per heavy atom. The SMILES string of the molecule is CCOCCC(=O)N1C[C@H](c2ccc(F)cc2)[C@H]2[C@@H]1C1CCN2CC1. The first-order chi connectivity index (χ1) is 12.2. The fourth-order valence-corrected chi connectivity index (χ4v) is 5.15. The van der Waals surface area contributed by atoms with Crippen LogP contribution in [0.3, 0.4) is 0 Å². The van der Waals surface area contributed by atoms with Gasteiger partial charge in [0.05, 0.1) is 19.1 Å². The maximum atomic E-state index is 13.3. The molecule has 25 heavy (non-hydrogen) atoms. The molecule has 1 aromatic carbocycles. The fraction of sp³-hybridized carbons (Fsp3) is 0.650. The molecule has 3 atom stereocenters. The summed E-state index contributed by atoms with van der Waals surface area (Å²) in [5.41, 5.74) is 1.16. The number of rotatable bonds is 5. The number of fused-ring (bicyclic) bond motifs is 2. The number of hydrogen-bond acceptors (Lipinski definition) is 3. The van der Waals surface area contributed by atoms with Crippen LogP contribution in [0.15, 0.2) is 24.3 Å².